The van der Waals surface area contributed by atoms with Crippen LogP contribution >= 0.6 is 11.6 Å². The van der Waals surface area contributed by atoms with Gasteiger partial charge in [0.05, 0.1) is 18.1 Å². The van der Waals surface area contributed by atoms with Crippen molar-refractivity contribution in [2.45, 2.75) is 50.9 Å². The van der Waals surface area contributed by atoms with Crippen LogP contribution in [0.5, 0.6) is 11.5 Å². The molecule has 2 aliphatic rings. The molecule has 2 heterocycles. The van der Waals surface area contributed by atoms with Crippen molar-refractivity contribution in [2.75, 3.05) is 20.7 Å². The maximum absolute atomic E-state index is 12.7. The zero-order chi connectivity index (χ0) is 23.0. The quantitative estimate of drug-likeness (QED) is 0.431. The van der Waals surface area contributed by atoms with E-state index in [1.54, 1.807) is 31.4 Å². The molecule has 2 aliphatic heterocycles. The molecule has 4 rings (SSSR count). The molecule has 0 bridgehead atoms. The molecule has 3 atom stereocenters. The predicted octanol–water partition coefficient (Wildman–Crippen LogP) is 5.39. The van der Waals surface area contributed by atoms with Gasteiger partial charge in [-0.15, -0.1) is 0 Å². The molecular weight excluding hydrogens is 426 g/mol. The molecule has 0 saturated heterocycles. The second kappa shape index (κ2) is 8.80. The van der Waals surface area contributed by atoms with E-state index >= 15 is 0 Å². The minimum Gasteiger partial charge on any atom is -0.493 e. The molecule has 170 valence electrons. The van der Waals surface area contributed by atoms with Crippen LogP contribution in [-0.2, 0) is 16.7 Å². The molecular formula is C26H30ClNO4. The van der Waals surface area contributed by atoms with Crippen LogP contribution in [0, 0.1) is 0 Å². The lowest BCUT2D eigenvalue weighted by molar-refractivity contribution is 0.0180. The molecule has 0 radical (unpaired) electrons. The average Bonchev–Trinajstić information content (AvgIpc) is 2.98. The van der Waals surface area contributed by atoms with Gasteiger partial charge in [0.25, 0.3) is 0 Å². The Hall–Kier alpha value is -2.50. The van der Waals surface area contributed by atoms with Gasteiger partial charge in [0.15, 0.2) is 11.5 Å². The molecule has 0 aromatic heterocycles. The van der Waals surface area contributed by atoms with Gasteiger partial charge in [-0.3, -0.25) is 0 Å². The van der Waals surface area contributed by atoms with E-state index in [4.69, 9.17) is 25.8 Å². The number of nitrogens with zero attached hydrogens (tertiary/aromatic N) is 1. The summed E-state index contributed by atoms with van der Waals surface area (Å²) in [6, 6.07) is 10.9. The van der Waals surface area contributed by atoms with Gasteiger partial charge in [-0.1, -0.05) is 35.9 Å². The third kappa shape index (κ3) is 3.89. The highest BCUT2D eigenvalue weighted by atomic mass is 35.5. The van der Waals surface area contributed by atoms with Crippen molar-refractivity contribution in [1.29, 1.82) is 0 Å². The summed E-state index contributed by atoms with van der Waals surface area (Å²) in [6.07, 6.45) is 0.859. The van der Waals surface area contributed by atoms with Gasteiger partial charge >= 0.3 is 5.97 Å². The highest BCUT2D eigenvalue weighted by Gasteiger charge is 2.53. The van der Waals surface area contributed by atoms with Gasteiger partial charge in [-0.25, -0.2) is 4.79 Å². The predicted molar refractivity (Wildman–Crippen MR) is 126 cm³/mol. The summed E-state index contributed by atoms with van der Waals surface area (Å²) in [5.41, 5.74) is 3.54. The molecule has 1 unspecified atom stereocenters. The van der Waals surface area contributed by atoms with Gasteiger partial charge in [0, 0.05) is 23.6 Å². The van der Waals surface area contributed by atoms with Crippen molar-refractivity contribution in [1.82, 2.24) is 4.90 Å². The first kappa shape index (κ1) is 22.7. The lowest BCUT2D eigenvalue weighted by Crippen LogP contribution is -2.42. The summed E-state index contributed by atoms with van der Waals surface area (Å²) in [5, 5.41) is 0.505. The number of esters is 1. The molecule has 2 aromatic carbocycles. The second-order valence-electron chi connectivity index (χ2n) is 8.94. The molecule has 32 heavy (non-hydrogen) atoms. The van der Waals surface area contributed by atoms with Gasteiger partial charge < -0.3 is 19.1 Å². The number of carbonyl (C=O) groups is 1. The van der Waals surface area contributed by atoms with E-state index in [1.165, 1.54) is 11.1 Å². The third-order valence-electron chi connectivity index (χ3n) is 6.69. The number of hydrogen-bond donors (Lipinski definition) is 0. The number of halogens is 1. The minimum atomic E-state index is -0.390. The van der Waals surface area contributed by atoms with Gasteiger partial charge in [-0.2, -0.15) is 0 Å². The smallest absolute Gasteiger partial charge is 0.338 e. The Morgan fingerprint density at radius 3 is 2.84 bits per heavy atom. The SMILES string of the molecule is C=C(C)[C@@]12CCN(C)Cc3ccc(OC)c(c31)OC2C[C@H](C)OC(=O)c1cccc(Cl)c1. The zero-order valence-electron chi connectivity index (χ0n) is 19.1. The Morgan fingerprint density at radius 1 is 1.38 bits per heavy atom. The minimum absolute atomic E-state index is 0.210. The van der Waals surface area contributed by atoms with Crippen molar-refractivity contribution >= 4 is 17.6 Å². The lowest BCUT2D eigenvalue weighted by Gasteiger charge is -2.36. The van der Waals surface area contributed by atoms with Crippen LogP contribution in [0.25, 0.3) is 0 Å². The molecule has 0 fully saturated rings. The molecule has 0 spiro atoms. The highest BCUT2D eigenvalue weighted by Crippen LogP contribution is 2.56. The summed E-state index contributed by atoms with van der Waals surface area (Å²) < 4.78 is 18.0. The number of benzene rings is 2. The zero-order valence-corrected chi connectivity index (χ0v) is 19.9. The standard InChI is InChI=1S/C26H30ClNO4/c1-16(2)26-11-12-28(4)15-19-9-10-21(30-5)24(23(19)26)32-22(26)13-17(3)31-25(29)18-7-6-8-20(27)14-18/h6-10,14,17,22H,1,11-13,15H2,2-5H3/t17-,22?,26+/m0/s1. The maximum atomic E-state index is 12.7. The van der Waals surface area contributed by atoms with Gasteiger partial charge in [0.1, 0.15) is 12.2 Å². The topological polar surface area (TPSA) is 48.0 Å². The Kier molecular flexibility index (Phi) is 6.24. The first-order valence-electron chi connectivity index (χ1n) is 10.9. The number of carbonyl (C=O) groups excluding carboxylic acids is 1. The number of methoxy groups -OCH3 is 1. The summed E-state index contributed by atoms with van der Waals surface area (Å²) in [4.78, 5) is 15.0. The Labute approximate surface area is 194 Å². The van der Waals surface area contributed by atoms with E-state index in [0.717, 1.165) is 36.6 Å². The first-order valence-corrected chi connectivity index (χ1v) is 11.3. The van der Waals surface area contributed by atoms with E-state index in [0.29, 0.717) is 17.0 Å². The number of rotatable bonds is 6. The van der Waals surface area contributed by atoms with Crippen LogP contribution in [0.3, 0.4) is 0 Å². The summed E-state index contributed by atoms with van der Waals surface area (Å²) in [6.45, 7) is 10.1. The van der Waals surface area contributed by atoms with Crippen molar-refractivity contribution in [3.8, 4) is 11.5 Å². The fourth-order valence-electron chi connectivity index (χ4n) is 5.10. The summed E-state index contributed by atoms with van der Waals surface area (Å²) in [7, 11) is 3.80. The highest BCUT2D eigenvalue weighted by molar-refractivity contribution is 6.30. The van der Waals surface area contributed by atoms with Crippen molar-refractivity contribution < 1.29 is 19.0 Å². The Morgan fingerprint density at radius 2 is 2.16 bits per heavy atom. The van der Waals surface area contributed by atoms with Gasteiger partial charge in [0.2, 0.25) is 0 Å². The lowest BCUT2D eigenvalue weighted by atomic mass is 9.67. The molecule has 2 aromatic rings. The molecule has 0 aliphatic carbocycles. The number of ether oxygens (including phenoxy) is 3. The molecule has 5 nitrogen and oxygen atoms in total. The molecule has 0 saturated carbocycles. The normalized spacial score (nSPS) is 23.0. The monoisotopic (exact) mass is 455 g/mol. The van der Waals surface area contributed by atoms with Crippen LogP contribution in [0.1, 0.15) is 48.2 Å². The molecule has 6 heteroatoms. The summed E-state index contributed by atoms with van der Waals surface area (Å²) in [5.74, 6) is 1.13. The average molecular weight is 456 g/mol. The van der Waals surface area contributed by atoms with E-state index in [-0.39, 0.29) is 17.6 Å². The fraction of sp³-hybridized carbons (Fsp3) is 0.423. The van der Waals surface area contributed by atoms with Gasteiger partial charge in [-0.05, 0) is 63.7 Å². The summed E-state index contributed by atoms with van der Waals surface area (Å²) >= 11 is 6.03. The van der Waals surface area contributed by atoms with Crippen molar-refractivity contribution in [3.63, 3.8) is 0 Å². The van der Waals surface area contributed by atoms with Crippen LogP contribution < -0.4 is 9.47 Å². The van der Waals surface area contributed by atoms with Crippen molar-refractivity contribution in [3.05, 3.63) is 70.3 Å². The first-order chi connectivity index (χ1) is 15.3. The number of hydrogen-bond acceptors (Lipinski definition) is 5. The largest absolute Gasteiger partial charge is 0.493 e. The van der Waals surface area contributed by atoms with E-state index in [1.807, 2.05) is 13.0 Å². The van der Waals surface area contributed by atoms with Crippen LogP contribution in [-0.4, -0.2) is 43.8 Å². The Balaban J connectivity index is 1.65. The van der Waals surface area contributed by atoms with E-state index in [2.05, 4.69) is 31.5 Å². The van der Waals surface area contributed by atoms with E-state index in [9.17, 15) is 4.79 Å². The fourth-order valence-corrected chi connectivity index (χ4v) is 5.29. The van der Waals surface area contributed by atoms with E-state index < -0.39 is 5.97 Å². The van der Waals surface area contributed by atoms with Crippen molar-refractivity contribution in [2.24, 2.45) is 0 Å². The molecule has 0 amide bonds. The molecule has 0 N–H and O–H groups in total. The Bertz CT molecular complexity index is 1050. The van der Waals surface area contributed by atoms with Crippen LogP contribution in [0.2, 0.25) is 5.02 Å². The van der Waals surface area contributed by atoms with Crippen LogP contribution in [0.4, 0.5) is 0 Å². The second-order valence-corrected chi connectivity index (χ2v) is 9.38. The third-order valence-corrected chi connectivity index (χ3v) is 6.92. The van der Waals surface area contributed by atoms with Crippen LogP contribution in [0.15, 0.2) is 48.6 Å². The maximum Gasteiger partial charge on any atom is 0.338 e.